The van der Waals surface area contributed by atoms with Gasteiger partial charge < -0.3 is 15.5 Å². The summed E-state index contributed by atoms with van der Waals surface area (Å²) in [6, 6.07) is 12.1. The van der Waals surface area contributed by atoms with E-state index in [1.165, 1.54) is 6.07 Å². The molecule has 0 spiro atoms. The van der Waals surface area contributed by atoms with Crippen molar-refractivity contribution in [2.45, 2.75) is 50.6 Å². The number of aromatic nitrogens is 2. The first-order chi connectivity index (χ1) is 15.9. The Morgan fingerprint density at radius 1 is 1.00 bits per heavy atom. The van der Waals surface area contributed by atoms with Crippen molar-refractivity contribution in [1.29, 1.82) is 0 Å². The van der Waals surface area contributed by atoms with Gasteiger partial charge in [-0.15, -0.1) is 0 Å². The topological polar surface area (TPSA) is 70.2 Å². The number of rotatable bonds is 7. The quantitative estimate of drug-likeness (QED) is 0.553. The van der Waals surface area contributed by atoms with Crippen LogP contribution >= 0.6 is 0 Å². The largest absolute Gasteiger partial charge is 0.362 e. The van der Waals surface area contributed by atoms with Gasteiger partial charge in [0, 0.05) is 38.0 Å². The predicted octanol–water partition coefficient (Wildman–Crippen LogP) is 4.45. The number of para-hydroxylation sites is 1. The number of halogens is 2. The number of hydrogen-bond acceptors (Lipinski definition) is 5. The average molecular weight is 454 g/mol. The number of amides is 1. The number of hydrogen-bond donors (Lipinski definition) is 2. The van der Waals surface area contributed by atoms with Gasteiger partial charge in [-0.05, 0) is 61.9 Å². The summed E-state index contributed by atoms with van der Waals surface area (Å²) in [5.41, 5.74) is 1.52. The van der Waals surface area contributed by atoms with Crippen LogP contribution in [-0.4, -0.2) is 42.1 Å². The number of carbonyl (C=O) groups excluding carboxylic acids is 1. The molecular weight excluding hydrogens is 424 g/mol. The van der Waals surface area contributed by atoms with Crippen molar-refractivity contribution < 1.29 is 13.6 Å². The van der Waals surface area contributed by atoms with Crippen molar-refractivity contribution in [2.75, 3.05) is 24.3 Å². The first-order valence-electron chi connectivity index (χ1n) is 11.3. The highest BCUT2D eigenvalue weighted by molar-refractivity contribution is 5.90. The second-order valence-electron chi connectivity index (χ2n) is 8.79. The molecule has 1 saturated carbocycles. The zero-order valence-electron chi connectivity index (χ0n) is 18.9. The zero-order valence-corrected chi connectivity index (χ0v) is 18.9. The number of nitrogens with zero attached hydrogens (tertiary/aromatic N) is 3. The third kappa shape index (κ3) is 5.74. The molecule has 4 rings (SSSR count). The number of aryl methyl sites for hydroxylation is 1. The van der Waals surface area contributed by atoms with Gasteiger partial charge in [0.15, 0.2) is 11.6 Å². The highest BCUT2D eigenvalue weighted by Gasteiger charge is 2.23. The van der Waals surface area contributed by atoms with Gasteiger partial charge in [0.05, 0.1) is 5.52 Å². The van der Waals surface area contributed by atoms with Crippen LogP contribution in [0.3, 0.4) is 0 Å². The van der Waals surface area contributed by atoms with E-state index >= 15 is 0 Å². The van der Waals surface area contributed by atoms with E-state index in [2.05, 4.69) is 15.6 Å². The van der Waals surface area contributed by atoms with Crippen molar-refractivity contribution in [3.63, 3.8) is 0 Å². The zero-order chi connectivity index (χ0) is 23.4. The normalized spacial score (nSPS) is 18.2. The Morgan fingerprint density at radius 2 is 1.73 bits per heavy atom. The molecule has 33 heavy (non-hydrogen) atoms. The first-order valence-corrected chi connectivity index (χ1v) is 11.3. The van der Waals surface area contributed by atoms with E-state index in [9.17, 15) is 13.6 Å². The van der Waals surface area contributed by atoms with Gasteiger partial charge >= 0.3 is 0 Å². The molecule has 1 aliphatic carbocycles. The van der Waals surface area contributed by atoms with Crippen LogP contribution in [0.4, 0.5) is 20.5 Å². The van der Waals surface area contributed by atoms with E-state index in [4.69, 9.17) is 4.98 Å². The van der Waals surface area contributed by atoms with Crippen molar-refractivity contribution in [1.82, 2.24) is 15.3 Å². The molecule has 0 saturated heterocycles. The number of anilines is 2. The van der Waals surface area contributed by atoms with E-state index in [-0.39, 0.29) is 24.4 Å². The maximum absolute atomic E-state index is 13.3. The van der Waals surface area contributed by atoms with Crippen LogP contribution in [-0.2, 0) is 11.2 Å². The first kappa shape index (κ1) is 22.9. The molecule has 3 aromatic rings. The fourth-order valence-electron chi connectivity index (χ4n) is 4.28. The lowest BCUT2D eigenvalue weighted by Crippen LogP contribution is -2.40. The maximum atomic E-state index is 13.3. The minimum absolute atomic E-state index is 0.0652. The Kier molecular flexibility index (Phi) is 7.01. The van der Waals surface area contributed by atoms with Crippen LogP contribution < -0.4 is 15.5 Å². The summed E-state index contributed by atoms with van der Waals surface area (Å²) < 4.78 is 26.3. The standard InChI is InChI=1S/C25H29F2N5O/c1-32(2)24-19-5-3-4-6-22(19)30-25(31-24)29-18-11-9-17(10-12-18)28-23(33)14-8-16-7-13-20(26)21(27)15-16/h3-7,13,15,17-18H,8-12,14H2,1-2H3,(H,28,33)(H,29,30,31)/t17-,18+. The van der Waals surface area contributed by atoms with Crippen LogP contribution in [0.5, 0.6) is 0 Å². The summed E-state index contributed by atoms with van der Waals surface area (Å²) >= 11 is 0. The highest BCUT2D eigenvalue weighted by Crippen LogP contribution is 2.26. The van der Waals surface area contributed by atoms with Crippen molar-refractivity contribution in [2.24, 2.45) is 0 Å². The Labute approximate surface area is 192 Å². The third-order valence-electron chi connectivity index (χ3n) is 6.06. The summed E-state index contributed by atoms with van der Waals surface area (Å²) in [5, 5.41) is 7.56. The number of nitrogens with one attached hydrogen (secondary N) is 2. The van der Waals surface area contributed by atoms with Gasteiger partial charge in [0.1, 0.15) is 5.82 Å². The molecule has 6 nitrogen and oxygen atoms in total. The molecule has 0 unspecified atom stereocenters. The van der Waals surface area contributed by atoms with Crippen LogP contribution in [0.1, 0.15) is 37.7 Å². The van der Waals surface area contributed by atoms with Crippen molar-refractivity contribution in [3.05, 3.63) is 59.7 Å². The summed E-state index contributed by atoms with van der Waals surface area (Å²) in [6.07, 6.45) is 4.17. The molecule has 8 heteroatoms. The second-order valence-corrected chi connectivity index (χ2v) is 8.79. The summed E-state index contributed by atoms with van der Waals surface area (Å²) in [4.78, 5) is 23.7. The molecule has 1 heterocycles. The fraction of sp³-hybridized carbons (Fsp3) is 0.400. The van der Waals surface area contributed by atoms with Gasteiger partial charge in [-0.3, -0.25) is 4.79 Å². The molecule has 0 atom stereocenters. The Bertz CT molecular complexity index is 1130. The number of benzene rings is 2. The minimum atomic E-state index is -0.883. The molecule has 0 radical (unpaired) electrons. The molecule has 1 aliphatic rings. The molecule has 1 amide bonds. The third-order valence-corrected chi connectivity index (χ3v) is 6.06. The number of fused-ring (bicyclic) bond motifs is 1. The van der Waals surface area contributed by atoms with Gasteiger partial charge in [-0.25, -0.2) is 13.8 Å². The Morgan fingerprint density at radius 3 is 2.45 bits per heavy atom. The van der Waals surface area contributed by atoms with E-state index in [0.717, 1.165) is 54.5 Å². The van der Waals surface area contributed by atoms with Gasteiger partial charge in [0.25, 0.3) is 0 Å². The lowest BCUT2D eigenvalue weighted by Gasteiger charge is -2.30. The van der Waals surface area contributed by atoms with Gasteiger partial charge in [0.2, 0.25) is 11.9 Å². The predicted molar refractivity (Wildman–Crippen MR) is 126 cm³/mol. The van der Waals surface area contributed by atoms with Gasteiger partial charge in [-0.1, -0.05) is 18.2 Å². The van der Waals surface area contributed by atoms with Crippen LogP contribution in [0.25, 0.3) is 10.9 Å². The minimum Gasteiger partial charge on any atom is -0.362 e. The molecule has 1 aromatic heterocycles. The SMILES string of the molecule is CN(C)c1nc(N[C@H]2CC[C@@H](NC(=O)CCc3ccc(F)c(F)c3)CC2)nc2ccccc12. The summed E-state index contributed by atoms with van der Waals surface area (Å²) in [7, 11) is 3.94. The maximum Gasteiger partial charge on any atom is 0.225 e. The Balaban J connectivity index is 1.27. The Hall–Kier alpha value is -3.29. The highest BCUT2D eigenvalue weighted by atomic mass is 19.2. The van der Waals surface area contributed by atoms with Crippen molar-refractivity contribution in [3.8, 4) is 0 Å². The van der Waals surface area contributed by atoms with Crippen LogP contribution in [0, 0.1) is 11.6 Å². The fourth-order valence-corrected chi connectivity index (χ4v) is 4.28. The van der Waals surface area contributed by atoms with Crippen LogP contribution in [0.2, 0.25) is 0 Å². The molecule has 2 N–H and O–H groups in total. The van der Waals surface area contributed by atoms with E-state index in [0.29, 0.717) is 17.9 Å². The lowest BCUT2D eigenvalue weighted by atomic mass is 9.91. The van der Waals surface area contributed by atoms with Crippen LogP contribution in [0.15, 0.2) is 42.5 Å². The summed E-state index contributed by atoms with van der Waals surface area (Å²) in [5.74, 6) is -0.321. The van der Waals surface area contributed by atoms with Crippen molar-refractivity contribution >= 4 is 28.6 Å². The number of carbonyl (C=O) groups is 1. The monoisotopic (exact) mass is 453 g/mol. The molecule has 0 bridgehead atoms. The van der Waals surface area contributed by atoms with E-state index in [1.54, 1.807) is 0 Å². The molecule has 174 valence electrons. The van der Waals surface area contributed by atoms with E-state index < -0.39 is 11.6 Å². The smallest absolute Gasteiger partial charge is 0.225 e. The molecule has 0 aliphatic heterocycles. The average Bonchev–Trinajstić information content (AvgIpc) is 2.80. The van der Waals surface area contributed by atoms with E-state index in [1.807, 2.05) is 43.3 Å². The molecule has 1 fully saturated rings. The molecule has 2 aromatic carbocycles. The second kappa shape index (κ2) is 10.1. The lowest BCUT2D eigenvalue weighted by molar-refractivity contribution is -0.122. The summed E-state index contributed by atoms with van der Waals surface area (Å²) in [6.45, 7) is 0. The van der Waals surface area contributed by atoms with Gasteiger partial charge in [-0.2, -0.15) is 4.98 Å². The molecular formula is C25H29F2N5O.